The first-order chi connectivity index (χ1) is 15.2. The lowest BCUT2D eigenvalue weighted by atomic mass is 9.69. The van der Waals surface area contributed by atoms with Gasteiger partial charge in [-0.3, -0.25) is 14.5 Å². The van der Waals surface area contributed by atoms with Crippen molar-refractivity contribution in [2.45, 2.75) is 39.0 Å². The second-order valence-electron chi connectivity index (χ2n) is 9.45. The third-order valence-corrected chi connectivity index (χ3v) is 6.79. The molecule has 0 aromatic heterocycles. The molecule has 3 aromatic carbocycles. The van der Waals surface area contributed by atoms with Gasteiger partial charge in [-0.1, -0.05) is 67.9 Å². The van der Waals surface area contributed by atoms with Crippen molar-refractivity contribution in [1.29, 1.82) is 0 Å². The molecular formula is C27H23ClFNO2. The van der Waals surface area contributed by atoms with Gasteiger partial charge in [-0.05, 0) is 46.4 Å². The Bertz CT molecular complexity index is 1300. The number of Topliss-reactive ketones (excluding diaryl/α,β-unsaturated/α-hetero) is 1. The van der Waals surface area contributed by atoms with Crippen LogP contribution in [0.3, 0.4) is 0 Å². The maximum absolute atomic E-state index is 13.8. The molecule has 1 atom stereocenters. The predicted octanol–water partition coefficient (Wildman–Crippen LogP) is 6.80. The molecule has 0 radical (unpaired) electrons. The molecule has 3 nitrogen and oxygen atoms in total. The van der Waals surface area contributed by atoms with Crippen LogP contribution in [-0.2, 0) is 9.59 Å². The van der Waals surface area contributed by atoms with Crippen molar-refractivity contribution < 1.29 is 14.0 Å². The molecule has 0 N–H and O–H groups in total. The van der Waals surface area contributed by atoms with E-state index in [1.165, 1.54) is 12.1 Å². The fourth-order valence-corrected chi connectivity index (χ4v) is 5.33. The number of hydrogen-bond acceptors (Lipinski definition) is 2. The van der Waals surface area contributed by atoms with Crippen molar-refractivity contribution in [3.63, 3.8) is 0 Å². The van der Waals surface area contributed by atoms with E-state index in [1.807, 2.05) is 56.3 Å². The molecule has 3 aromatic rings. The Hall–Kier alpha value is -2.98. The Morgan fingerprint density at radius 3 is 2.53 bits per heavy atom. The monoisotopic (exact) mass is 447 g/mol. The van der Waals surface area contributed by atoms with Gasteiger partial charge in [0.25, 0.3) is 0 Å². The van der Waals surface area contributed by atoms with E-state index >= 15 is 0 Å². The Balaban J connectivity index is 1.74. The summed E-state index contributed by atoms with van der Waals surface area (Å²) in [6.07, 6.45) is 1.18. The van der Waals surface area contributed by atoms with E-state index in [-0.39, 0.29) is 34.5 Å². The summed E-state index contributed by atoms with van der Waals surface area (Å²) in [5, 5.41) is 2.08. The highest BCUT2D eigenvalue weighted by Gasteiger charge is 2.44. The zero-order chi connectivity index (χ0) is 22.6. The Morgan fingerprint density at radius 1 is 1.00 bits per heavy atom. The Kier molecular flexibility index (Phi) is 4.94. The molecule has 0 saturated heterocycles. The zero-order valence-electron chi connectivity index (χ0n) is 18.0. The van der Waals surface area contributed by atoms with Crippen LogP contribution in [0.2, 0.25) is 5.02 Å². The van der Waals surface area contributed by atoms with Gasteiger partial charge in [-0.25, -0.2) is 4.39 Å². The molecule has 0 bridgehead atoms. The number of nitrogens with zero attached hydrogens (tertiary/aromatic N) is 1. The molecule has 162 valence electrons. The van der Waals surface area contributed by atoms with Crippen LogP contribution in [0.4, 0.5) is 10.1 Å². The fraction of sp³-hybridized carbons (Fsp3) is 0.259. The molecule has 1 unspecified atom stereocenters. The van der Waals surface area contributed by atoms with E-state index in [0.717, 1.165) is 16.3 Å². The smallest absolute Gasteiger partial charge is 0.232 e. The number of ketones is 1. The summed E-state index contributed by atoms with van der Waals surface area (Å²) >= 11 is 6.03. The van der Waals surface area contributed by atoms with E-state index in [4.69, 9.17) is 11.6 Å². The van der Waals surface area contributed by atoms with Gasteiger partial charge in [0, 0.05) is 30.0 Å². The van der Waals surface area contributed by atoms with Crippen molar-refractivity contribution in [2.24, 2.45) is 5.41 Å². The van der Waals surface area contributed by atoms with E-state index in [2.05, 4.69) is 0 Å². The second-order valence-corrected chi connectivity index (χ2v) is 9.86. The van der Waals surface area contributed by atoms with Crippen LogP contribution in [0.15, 0.2) is 71.9 Å². The lowest BCUT2D eigenvalue weighted by Gasteiger charge is -2.43. The van der Waals surface area contributed by atoms with Crippen LogP contribution in [0.1, 0.15) is 44.6 Å². The SMILES string of the molecule is CC1(C)CC(=O)C2=C(C1)N(c1ccc(F)c(Cl)c1)C(=O)CC2c1cccc2ccccc12. The fourth-order valence-electron chi connectivity index (χ4n) is 5.16. The predicted molar refractivity (Wildman–Crippen MR) is 125 cm³/mol. The molecule has 0 spiro atoms. The highest BCUT2D eigenvalue weighted by atomic mass is 35.5. The van der Waals surface area contributed by atoms with Gasteiger partial charge < -0.3 is 0 Å². The molecule has 5 rings (SSSR count). The van der Waals surface area contributed by atoms with Crippen LogP contribution in [-0.4, -0.2) is 11.7 Å². The van der Waals surface area contributed by atoms with Crippen molar-refractivity contribution in [2.75, 3.05) is 4.90 Å². The van der Waals surface area contributed by atoms with E-state index in [1.54, 1.807) is 11.0 Å². The molecule has 1 aliphatic heterocycles. The zero-order valence-corrected chi connectivity index (χ0v) is 18.7. The van der Waals surface area contributed by atoms with Gasteiger partial charge in [-0.2, -0.15) is 0 Å². The van der Waals surface area contributed by atoms with Crippen molar-refractivity contribution in [3.8, 4) is 0 Å². The summed E-state index contributed by atoms with van der Waals surface area (Å²) in [5.41, 5.74) is 2.62. The molecule has 1 aliphatic carbocycles. The van der Waals surface area contributed by atoms with E-state index < -0.39 is 5.82 Å². The number of carbonyl (C=O) groups is 2. The Labute approximate surface area is 191 Å². The summed E-state index contributed by atoms with van der Waals surface area (Å²) in [6.45, 7) is 4.08. The van der Waals surface area contributed by atoms with Crippen LogP contribution < -0.4 is 4.90 Å². The summed E-state index contributed by atoms with van der Waals surface area (Å²) in [7, 11) is 0. The summed E-state index contributed by atoms with van der Waals surface area (Å²) in [6, 6.07) is 18.3. The van der Waals surface area contributed by atoms with Crippen molar-refractivity contribution in [3.05, 3.63) is 88.3 Å². The number of fused-ring (bicyclic) bond motifs is 1. The molecule has 0 fully saturated rings. The standard InChI is InChI=1S/C27H23ClFNO2/c1-27(2)14-23-26(24(31)15-27)20(19-9-5-7-16-6-3-4-8-18(16)19)13-25(32)30(23)17-10-11-22(29)21(28)12-17/h3-12,20H,13-15H2,1-2H3. The van der Waals surface area contributed by atoms with Crippen LogP contribution in [0.25, 0.3) is 10.8 Å². The number of benzene rings is 3. The first-order valence-corrected chi connectivity index (χ1v) is 11.1. The number of amides is 1. The van der Waals surface area contributed by atoms with Gasteiger partial charge in [-0.15, -0.1) is 0 Å². The van der Waals surface area contributed by atoms with Gasteiger partial charge in [0.2, 0.25) is 5.91 Å². The quantitative estimate of drug-likeness (QED) is 0.433. The van der Waals surface area contributed by atoms with Crippen LogP contribution >= 0.6 is 11.6 Å². The molecule has 5 heteroatoms. The molecule has 0 saturated carbocycles. The van der Waals surface area contributed by atoms with Crippen LogP contribution in [0.5, 0.6) is 0 Å². The maximum atomic E-state index is 13.8. The minimum atomic E-state index is -0.539. The number of allylic oxidation sites excluding steroid dienone is 2. The maximum Gasteiger partial charge on any atom is 0.232 e. The number of anilines is 1. The number of hydrogen-bond donors (Lipinski definition) is 0. The Morgan fingerprint density at radius 2 is 1.75 bits per heavy atom. The largest absolute Gasteiger partial charge is 0.294 e. The average molecular weight is 448 g/mol. The average Bonchev–Trinajstić information content (AvgIpc) is 2.74. The van der Waals surface area contributed by atoms with Gasteiger partial charge in [0.15, 0.2) is 5.78 Å². The highest BCUT2D eigenvalue weighted by Crippen LogP contribution is 2.49. The third-order valence-electron chi connectivity index (χ3n) is 6.50. The third kappa shape index (κ3) is 3.43. The minimum absolute atomic E-state index is 0.0463. The normalized spacial score (nSPS) is 20.6. The van der Waals surface area contributed by atoms with Gasteiger partial charge in [0.1, 0.15) is 5.82 Å². The van der Waals surface area contributed by atoms with Gasteiger partial charge >= 0.3 is 0 Å². The number of carbonyl (C=O) groups excluding carboxylic acids is 2. The molecule has 32 heavy (non-hydrogen) atoms. The number of rotatable bonds is 2. The topological polar surface area (TPSA) is 37.4 Å². The number of halogens is 2. The molecular weight excluding hydrogens is 425 g/mol. The molecule has 1 heterocycles. The summed E-state index contributed by atoms with van der Waals surface area (Å²) < 4.78 is 13.8. The first-order valence-electron chi connectivity index (χ1n) is 10.8. The summed E-state index contributed by atoms with van der Waals surface area (Å²) in [5.74, 6) is -0.892. The minimum Gasteiger partial charge on any atom is -0.294 e. The van der Waals surface area contributed by atoms with Crippen molar-refractivity contribution in [1.82, 2.24) is 0 Å². The second kappa shape index (κ2) is 7.56. The van der Waals surface area contributed by atoms with E-state index in [9.17, 15) is 14.0 Å². The summed E-state index contributed by atoms with van der Waals surface area (Å²) in [4.78, 5) is 28.6. The first kappa shape index (κ1) is 20.9. The highest BCUT2D eigenvalue weighted by molar-refractivity contribution is 6.31. The molecule has 2 aliphatic rings. The lowest BCUT2D eigenvalue weighted by Crippen LogP contribution is -2.43. The molecule has 1 amide bonds. The van der Waals surface area contributed by atoms with E-state index in [0.29, 0.717) is 29.8 Å². The van der Waals surface area contributed by atoms with Crippen LogP contribution in [0, 0.1) is 11.2 Å². The van der Waals surface area contributed by atoms with Crippen molar-refractivity contribution >= 4 is 39.8 Å². The van der Waals surface area contributed by atoms with Gasteiger partial charge in [0.05, 0.1) is 10.7 Å². The lowest BCUT2D eigenvalue weighted by molar-refractivity contribution is -0.120.